The number of rotatable bonds is 2. The first-order valence-corrected chi connectivity index (χ1v) is 4.88. The Hall–Kier alpha value is -1.28. The predicted molar refractivity (Wildman–Crippen MR) is 57.4 cm³/mol. The molecule has 2 nitrogen and oxygen atoms in total. The average Bonchev–Trinajstić information content (AvgIpc) is 2.56. The highest BCUT2D eigenvalue weighted by molar-refractivity contribution is 6.30. The van der Waals surface area contributed by atoms with Crippen LogP contribution in [0.15, 0.2) is 36.0 Å². The molecule has 1 aromatic carbocycles. The Labute approximate surface area is 87.6 Å². The summed E-state index contributed by atoms with van der Waals surface area (Å²) in [6, 6.07) is 7.43. The van der Waals surface area contributed by atoms with Crippen molar-refractivity contribution >= 4 is 23.1 Å². The van der Waals surface area contributed by atoms with E-state index in [1.807, 2.05) is 24.3 Å². The number of benzene rings is 1. The van der Waals surface area contributed by atoms with Gasteiger partial charge in [0, 0.05) is 28.9 Å². The van der Waals surface area contributed by atoms with Gasteiger partial charge in [0.1, 0.15) is 0 Å². The number of halogens is 1. The van der Waals surface area contributed by atoms with Gasteiger partial charge < -0.3 is 5.32 Å². The summed E-state index contributed by atoms with van der Waals surface area (Å²) in [5.41, 5.74) is 1.95. The highest BCUT2D eigenvalue weighted by Gasteiger charge is 2.11. The highest BCUT2D eigenvalue weighted by atomic mass is 35.5. The van der Waals surface area contributed by atoms with Crippen LogP contribution < -0.4 is 5.32 Å². The number of carbonyl (C=O) groups is 1. The van der Waals surface area contributed by atoms with Crippen LogP contribution >= 0.6 is 11.6 Å². The first-order valence-electron chi connectivity index (χ1n) is 4.50. The van der Waals surface area contributed by atoms with Gasteiger partial charge in [-0.2, -0.15) is 0 Å². The van der Waals surface area contributed by atoms with Gasteiger partial charge in [-0.25, -0.2) is 0 Å². The lowest BCUT2D eigenvalue weighted by Gasteiger charge is -2.05. The van der Waals surface area contributed by atoms with Gasteiger partial charge in [0.05, 0.1) is 0 Å². The first-order chi connectivity index (χ1) is 6.74. The maximum Gasteiger partial charge on any atom is 0.157 e. The van der Waals surface area contributed by atoms with Gasteiger partial charge in [-0.3, -0.25) is 4.79 Å². The van der Waals surface area contributed by atoms with Gasteiger partial charge in [-0.1, -0.05) is 11.6 Å². The zero-order valence-corrected chi connectivity index (χ0v) is 8.34. The smallest absolute Gasteiger partial charge is 0.157 e. The number of hydrogen-bond acceptors (Lipinski definition) is 2. The van der Waals surface area contributed by atoms with Crippen LogP contribution in [0.25, 0.3) is 0 Å². The minimum absolute atomic E-state index is 0.196. The fourth-order valence-electron chi connectivity index (χ4n) is 1.41. The van der Waals surface area contributed by atoms with Crippen molar-refractivity contribution in [2.75, 3.05) is 5.32 Å². The SMILES string of the molecule is O=C1C=C(Nc2ccc(Cl)cc2)CC1. The zero-order chi connectivity index (χ0) is 9.97. The summed E-state index contributed by atoms with van der Waals surface area (Å²) in [5.74, 6) is 0.196. The van der Waals surface area contributed by atoms with Crippen LogP contribution in [0.4, 0.5) is 5.69 Å². The van der Waals surface area contributed by atoms with Gasteiger partial charge in [0.25, 0.3) is 0 Å². The minimum Gasteiger partial charge on any atom is -0.359 e. The molecule has 1 aliphatic carbocycles. The van der Waals surface area contributed by atoms with Crippen molar-refractivity contribution in [3.05, 3.63) is 41.1 Å². The van der Waals surface area contributed by atoms with E-state index in [0.717, 1.165) is 17.8 Å². The van der Waals surface area contributed by atoms with Crippen molar-refractivity contribution in [2.45, 2.75) is 12.8 Å². The van der Waals surface area contributed by atoms with Crippen molar-refractivity contribution in [3.8, 4) is 0 Å². The Kier molecular flexibility index (Phi) is 2.55. The first kappa shape index (κ1) is 9.28. The van der Waals surface area contributed by atoms with Crippen LogP contribution in [-0.4, -0.2) is 5.78 Å². The highest BCUT2D eigenvalue weighted by Crippen LogP contribution is 2.20. The largest absolute Gasteiger partial charge is 0.359 e. The summed E-state index contributed by atoms with van der Waals surface area (Å²) in [6.07, 6.45) is 3.09. The molecule has 1 aliphatic rings. The number of anilines is 1. The summed E-state index contributed by atoms with van der Waals surface area (Å²) in [7, 11) is 0. The Bertz CT molecular complexity index is 381. The average molecular weight is 208 g/mol. The van der Waals surface area contributed by atoms with E-state index in [2.05, 4.69) is 5.32 Å². The van der Waals surface area contributed by atoms with Crippen LogP contribution in [0.1, 0.15) is 12.8 Å². The van der Waals surface area contributed by atoms with Crippen molar-refractivity contribution in [1.82, 2.24) is 0 Å². The van der Waals surface area contributed by atoms with Crippen molar-refractivity contribution < 1.29 is 4.79 Å². The van der Waals surface area contributed by atoms with Gasteiger partial charge in [-0.15, -0.1) is 0 Å². The molecule has 1 N–H and O–H groups in total. The van der Waals surface area contributed by atoms with Crippen LogP contribution in [0, 0.1) is 0 Å². The van der Waals surface area contributed by atoms with E-state index in [1.54, 1.807) is 6.08 Å². The number of hydrogen-bond donors (Lipinski definition) is 1. The molecule has 0 saturated heterocycles. The fraction of sp³-hybridized carbons (Fsp3) is 0.182. The molecule has 0 unspecified atom stereocenters. The molecule has 0 fully saturated rings. The third-order valence-corrected chi connectivity index (χ3v) is 2.38. The van der Waals surface area contributed by atoms with Crippen molar-refractivity contribution in [2.24, 2.45) is 0 Å². The summed E-state index contributed by atoms with van der Waals surface area (Å²) in [6.45, 7) is 0. The van der Waals surface area contributed by atoms with Crippen LogP contribution in [0.3, 0.4) is 0 Å². The molecule has 0 aliphatic heterocycles. The Morgan fingerprint density at radius 2 is 1.86 bits per heavy atom. The molecule has 0 amide bonds. The van der Waals surface area contributed by atoms with Crippen LogP contribution in [-0.2, 0) is 4.79 Å². The summed E-state index contributed by atoms with van der Waals surface area (Å²) in [5, 5.41) is 3.89. The van der Waals surface area contributed by atoms with Gasteiger partial charge in [0.15, 0.2) is 5.78 Å². The molecule has 0 bridgehead atoms. The number of nitrogens with one attached hydrogen (secondary N) is 1. The quantitative estimate of drug-likeness (QED) is 0.808. The van der Waals surface area contributed by atoms with E-state index in [-0.39, 0.29) is 5.78 Å². The molecule has 0 atom stereocenters. The number of allylic oxidation sites excluding steroid dienone is 2. The molecule has 1 aromatic rings. The van der Waals surface area contributed by atoms with Gasteiger partial charge in [-0.05, 0) is 30.7 Å². The van der Waals surface area contributed by atoms with E-state index in [4.69, 9.17) is 11.6 Å². The molecule has 2 rings (SSSR count). The minimum atomic E-state index is 0.196. The lowest BCUT2D eigenvalue weighted by Crippen LogP contribution is -1.95. The lowest BCUT2D eigenvalue weighted by atomic mass is 10.3. The normalized spacial score (nSPS) is 15.5. The van der Waals surface area contributed by atoms with Gasteiger partial charge >= 0.3 is 0 Å². The second-order valence-electron chi connectivity index (χ2n) is 3.27. The molecule has 0 heterocycles. The molecule has 72 valence electrons. The number of carbonyl (C=O) groups excluding carboxylic acids is 1. The Morgan fingerprint density at radius 3 is 2.43 bits per heavy atom. The Balaban J connectivity index is 2.08. The van der Waals surface area contributed by atoms with E-state index < -0.39 is 0 Å². The standard InChI is InChI=1S/C11H10ClNO/c12-8-1-3-9(4-2-8)13-10-5-6-11(14)7-10/h1-4,7,13H,5-6H2. The molecule has 0 radical (unpaired) electrons. The summed E-state index contributed by atoms with van der Waals surface area (Å²) < 4.78 is 0. The van der Waals surface area contributed by atoms with Crippen LogP contribution in [0.2, 0.25) is 5.02 Å². The third kappa shape index (κ3) is 2.15. The fourth-order valence-corrected chi connectivity index (χ4v) is 1.54. The van der Waals surface area contributed by atoms with E-state index in [0.29, 0.717) is 11.4 Å². The van der Waals surface area contributed by atoms with E-state index >= 15 is 0 Å². The summed E-state index contributed by atoms with van der Waals surface area (Å²) in [4.78, 5) is 11.0. The molecule has 0 aromatic heterocycles. The molecular weight excluding hydrogens is 198 g/mol. The molecule has 14 heavy (non-hydrogen) atoms. The molecule has 0 spiro atoms. The molecule has 0 saturated carbocycles. The van der Waals surface area contributed by atoms with Crippen molar-refractivity contribution in [1.29, 1.82) is 0 Å². The number of ketones is 1. The van der Waals surface area contributed by atoms with Crippen molar-refractivity contribution in [3.63, 3.8) is 0 Å². The summed E-state index contributed by atoms with van der Waals surface area (Å²) >= 11 is 5.75. The van der Waals surface area contributed by atoms with E-state index in [1.165, 1.54) is 0 Å². The molecule has 3 heteroatoms. The predicted octanol–water partition coefficient (Wildman–Crippen LogP) is 3.00. The van der Waals surface area contributed by atoms with Gasteiger partial charge in [0.2, 0.25) is 0 Å². The maximum atomic E-state index is 11.0. The third-order valence-electron chi connectivity index (χ3n) is 2.13. The monoisotopic (exact) mass is 207 g/mol. The lowest BCUT2D eigenvalue weighted by molar-refractivity contribution is -0.114. The topological polar surface area (TPSA) is 29.1 Å². The van der Waals surface area contributed by atoms with E-state index in [9.17, 15) is 4.79 Å². The maximum absolute atomic E-state index is 11.0. The zero-order valence-electron chi connectivity index (χ0n) is 7.59. The second-order valence-corrected chi connectivity index (χ2v) is 3.70. The Morgan fingerprint density at radius 1 is 1.14 bits per heavy atom. The van der Waals surface area contributed by atoms with Crippen LogP contribution in [0.5, 0.6) is 0 Å². The molecular formula is C11H10ClNO. The second kappa shape index (κ2) is 3.84.